The molecule has 0 bridgehead atoms. The number of anilines is 3. The Hall–Kier alpha value is -5.66. The smallest absolute Gasteiger partial charge is 0.0621 e. The summed E-state index contributed by atoms with van der Waals surface area (Å²) in [5.74, 6) is 0. The van der Waals surface area contributed by atoms with Gasteiger partial charge in [-0.05, 0) is 86.0 Å². The highest BCUT2D eigenvalue weighted by atomic mass is 15.1. The average Bonchev–Trinajstić information content (AvgIpc) is 3.52. The molecule has 0 radical (unpaired) electrons. The lowest BCUT2D eigenvalue weighted by Gasteiger charge is -2.32. The van der Waals surface area contributed by atoms with Crippen LogP contribution in [-0.2, 0) is 10.8 Å². The van der Waals surface area contributed by atoms with Crippen molar-refractivity contribution in [3.63, 3.8) is 0 Å². The molecule has 0 N–H and O–H groups in total. The van der Waals surface area contributed by atoms with Crippen molar-refractivity contribution in [3.05, 3.63) is 186 Å². The number of nitrogens with zero attached hydrogens (tertiary/aromatic N) is 1. The molecule has 1 heteroatoms. The Bertz CT molecular complexity index is 2360. The van der Waals surface area contributed by atoms with E-state index in [9.17, 15) is 0 Å². The van der Waals surface area contributed by atoms with Crippen LogP contribution in [0.1, 0.15) is 49.9 Å². The van der Waals surface area contributed by atoms with Gasteiger partial charge >= 0.3 is 0 Å². The first kappa shape index (κ1) is 29.5. The SMILES string of the molecule is CC1(C)c2ccccc2-c2ccc(-c3ccc4c(c3N(c3ccccc3)c3ccc(-c5ccccc5)cc3)-c3ccccc3C4(C)C)cc21. The van der Waals surface area contributed by atoms with Gasteiger partial charge in [-0.2, -0.15) is 0 Å². The van der Waals surface area contributed by atoms with Gasteiger partial charge in [0.05, 0.1) is 5.69 Å². The monoisotopic (exact) mass is 629 g/mol. The van der Waals surface area contributed by atoms with Gasteiger partial charge in [-0.15, -0.1) is 0 Å². The van der Waals surface area contributed by atoms with E-state index in [0.29, 0.717) is 0 Å². The van der Waals surface area contributed by atoms with E-state index in [-0.39, 0.29) is 10.8 Å². The summed E-state index contributed by atoms with van der Waals surface area (Å²) < 4.78 is 0. The van der Waals surface area contributed by atoms with Crippen molar-refractivity contribution in [2.75, 3.05) is 4.90 Å². The lowest BCUT2D eigenvalue weighted by Crippen LogP contribution is -2.17. The van der Waals surface area contributed by atoms with Crippen molar-refractivity contribution in [1.29, 1.82) is 0 Å². The fraction of sp³-hybridized carbons (Fsp3) is 0.125. The third-order valence-corrected chi connectivity index (χ3v) is 11.1. The molecular weight excluding hydrogens is 591 g/mol. The Balaban J connectivity index is 1.33. The van der Waals surface area contributed by atoms with Crippen molar-refractivity contribution in [3.8, 4) is 44.5 Å². The van der Waals surface area contributed by atoms with Crippen LogP contribution in [0.3, 0.4) is 0 Å². The zero-order chi connectivity index (χ0) is 33.3. The molecule has 0 spiro atoms. The third kappa shape index (κ3) is 4.46. The molecule has 0 aliphatic heterocycles. The van der Waals surface area contributed by atoms with Gasteiger partial charge in [0.25, 0.3) is 0 Å². The number of benzene rings is 7. The topological polar surface area (TPSA) is 3.24 Å². The van der Waals surface area contributed by atoms with Crippen molar-refractivity contribution in [1.82, 2.24) is 0 Å². The number of hydrogen-bond donors (Lipinski definition) is 0. The number of fused-ring (bicyclic) bond motifs is 6. The maximum atomic E-state index is 2.49. The summed E-state index contributed by atoms with van der Waals surface area (Å²) in [5.41, 5.74) is 19.0. The van der Waals surface area contributed by atoms with Crippen LogP contribution in [0.15, 0.2) is 164 Å². The van der Waals surface area contributed by atoms with Gasteiger partial charge in [-0.1, -0.05) is 161 Å². The molecule has 0 heterocycles. The first-order valence-corrected chi connectivity index (χ1v) is 17.4. The Morgan fingerprint density at radius 3 is 1.55 bits per heavy atom. The van der Waals surface area contributed by atoms with E-state index in [1.54, 1.807) is 0 Å². The molecule has 0 aromatic heterocycles. The predicted molar refractivity (Wildman–Crippen MR) is 207 cm³/mol. The molecule has 2 aliphatic carbocycles. The summed E-state index contributed by atoms with van der Waals surface area (Å²) in [5, 5.41) is 0. The molecule has 7 aromatic carbocycles. The van der Waals surface area contributed by atoms with Crippen LogP contribution in [0.25, 0.3) is 44.5 Å². The second kappa shape index (κ2) is 10.9. The summed E-state index contributed by atoms with van der Waals surface area (Å²) in [6, 6.07) is 60.5. The Labute approximate surface area is 290 Å². The van der Waals surface area contributed by atoms with Crippen molar-refractivity contribution in [2.24, 2.45) is 0 Å². The second-order valence-corrected chi connectivity index (χ2v) is 14.6. The molecule has 0 fully saturated rings. The molecule has 2 aliphatic rings. The lowest BCUT2D eigenvalue weighted by molar-refractivity contribution is 0.660. The van der Waals surface area contributed by atoms with E-state index < -0.39 is 0 Å². The molecule has 7 aromatic rings. The van der Waals surface area contributed by atoms with E-state index >= 15 is 0 Å². The van der Waals surface area contributed by atoms with Crippen LogP contribution in [-0.4, -0.2) is 0 Å². The van der Waals surface area contributed by atoms with Gasteiger partial charge in [-0.25, -0.2) is 0 Å². The normalized spacial score (nSPS) is 14.4. The van der Waals surface area contributed by atoms with Gasteiger partial charge < -0.3 is 4.90 Å². The van der Waals surface area contributed by atoms with Crippen molar-refractivity contribution in [2.45, 2.75) is 38.5 Å². The fourth-order valence-electron chi connectivity index (χ4n) is 8.53. The van der Waals surface area contributed by atoms with Crippen LogP contribution in [0.5, 0.6) is 0 Å². The minimum atomic E-state index is -0.125. The highest BCUT2D eigenvalue weighted by Crippen LogP contribution is 2.58. The van der Waals surface area contributed by atoms with E-state index in [4.69, 9.17) is 0 Å². The minimum absolute atomic E-state index is 0.0835. The summed E-state index contributed by atoms with van der Waals surface area (Å²) in [6.45, 7) is 9.48. The van der Waals surface area contributed by atoms with Gasteiger partial charge in [0, 0.05) is 33.3 Å². The molecule has 1 nitrogen and oxygen atoms in total. The first-order valence-electron chi connectivity index (χ1n) is 17.4. The molecule has 0 saturated heterocycles. The molecule has 0 amide bonds. The molecule has 0 unspecified atom stereocenters. The van der Waals surface area contributed by atoms with Crippen molar-refractivity contribution < 1.29 is 0 Å². The predicted octanol–water partition coefficient (Wildman–Crippen LogP) is 13.1. The van der Waals surface area contributed by atoms with E-state index in [2.05, 4.69) is 196 Å². The van der Waals surface area contributed by atoms with Crippen LogP contribution < -0.4 is 4.90 Å². The van der Waals surface area contributed by atoms with E-state index in [1.807, 2.05) is 0 Å². The van der Waals surface area contributed by atoms with Crippen LogP contribution in [0.4, 0.5) is 17.1 Å². The number of para-hydroxylation sites is 1. The minimum Gasteiger partial charge on any atom is -0.309 e. The zero-order valence-electron chi connectivity index (χ0n) is 28.5. The number of hydrogen-bond acceptors (Lipinski definition) is 1. The van der Waals surface area contributed by atoms with Crippen LogP contribution in [0.2, 0.25) is 0 Å². The summed E-state index contributed by atoms with van der Waals surface area (Å²) in [6.07, 6.45) is 0. The highest BCUT2D eigenvalue weighted by Gasteiger charge is 2.40. The fourth-order valence-corrected chi connectivity index (χ4v) is 8.53. The Morgan fingerprint density at radius 2 is 0.837 bits per heavy atom. The summed E-state index contributed by atoms with van der Waals surface area (Å²) >= 11 is 0. The Morgan fingerprint density at radius 1 is 0.347 bits per heavy atom. The van der Waals surface area contributed by atoms with Gasteiger partial charge in [0.15, 0.2) is 0 Å². The van der Waals surface area contributed by atoms with Gasteiger partial charge in [-0.3, -0.25) is 0 Å². The molecule has 49 heavy (non-hydrogen) atoms. The largest absolute Gasteiger partial charge is 0.309 e. The van der Waals surface area contributed by atoms with E-state index in [1.165, 1.54) is 72.4 Å². The zero-order valence-corrected chi connectivity index (χ0v) is 28.5. The lowest BCUT2D eigenvalue weighted by atomic mass is 9.80. The maximum Gasteiger partial charge on any atom is 0.0621 e. The molecule has 9 rings (SSSR count). The molecule has 236 valence electrons. The second-order valence-electron chi connectivity index (χ2n) is 14.6. The standard InChI is InChI=1S/C48H39N/c1-47(2)42-22-14-12-20-40(42)45-43(47)30-29-37(34-25-28-39-38-19-11-13-21-41(38)48(3,4)44(39)31-34)46(45)49(35-17-9-6-10-18-35)36-26-23-33(24-27-36)32-15-7-5-8-16-32/h5-31H,1-4H3. The number of rotatable bonds is 5. The van der Waals surface area contributed by atoms with Crippen molar-refractivity contribution >= 4 is 17.1 Å². The van der Waals surface area contributed by atoms with Gasteiger partial charge in [0.2, 0.25) is 0 Å². The summed E-state index contributed by atoms with van der Waals surface area (Å²) in [7, 11) is 0. The summed E-state index contributed by atoms with van der Waals surface area (Å²) in [4.78, 5) is 2.49. The quantitative estimate of drug-likeness (QED) is 0.183. The first-order chi connectivity index (χ1) is 23.8. The highest BCUT2D eigenvalue weighted by molar-refractivity contribution is 6.02. The van der Waals surface area contributed by atoms with E-state index in [0.717, 1.165) is 11.4 Å². The Kier molecular flexibility index (Phi) is 6.58. The van der Waals surface area contributed by atoms with Crippen LogP contribution >= 0.6 is 0 Å². The van der Waals surface area contributed by atoms with Gasteiger partial charge in [0.1, 0.15) is 0 Å². The maximum absolute atomic E-state index is 2.49. The van der Waals surface area contributed by atoms with Crippen LogP contribution in [0, 0.1) is 0 Å². The molecule has 0 saturated carbocycles. The molecular formula is C48H39N. The molecule has 0 atom stereocenters. The third-order valence-electron chi connectivity index (χ3n) is 11.1. The average molecular weight is 630 g/mol.